The number of aliphatic hydroxyl groups is 1. The van der Waals surface area contributed by atoms with Gasteiger partial charge in [-0.25, -0.2) is 4.39 Å². The van der Waals surface area contributed by atoms with Gasteiger partial charge in [0.15, 0.2) is 5.69 Å². The van der Waals surface area contributed by atoms with Crippen LogP contribution in [0.15, 0.2) is 54.6 Å². The fourth-order valence-electron chi connectivity index (χ4n) is 5.52. The quantitative estimate of drug-likeness (QED) is 0.0931. The zero-order chi connectivity index (χ0) is 35.1. The van der Waals surface area contributed by atoms with Crippen molar-refractivity contribution in [1.82, 2.24) is 20.4 Å². The van der Waals surface area contributed by atoms with Crippen molar-refractivity contribution in [3.05, 3.63) is 93.0 Å². The van der Waals surface area contributed by atoms with Gasteiger partial charge in [0.1, 0.15) is 11.6 Å². The molecule has 2 heterocycles. The van der Waals surface area contributed by atoms with Crippen LogP contribution >= 0.6 is 23.2 Å². The van der Waals surface area contributed by atoms with E-state index in [0.717, 1.165) is 24.6 Å². The SMILES string of the molecule is COC(=O)CNC1CCCn2nc(C(=O)Nc3cccc(-c4cccc(NC(=O)c5cc(F)c(CNCCO)c(OC)c5)c4Cl)c3Cl)cc21. The largest absolute Gasteiger partial charge is 0.496 e. The number of carbonyl (C=O) groups is 3. The number of hydrogen-bond donors (Lipinski definition) is 5. The highest BCUT2D eigenvalue weighted by Gasteiger charge is 2.26. The first-order chi connectivity index (χ1) is 23.6. The van der Waals surface area contributed by atoms with Crippen molar-refractivity contribution in [2.24, 2.45) is 0 Å². The molecule has 12 nitrogen and oxygen atoms in total. The number of anilines is 2. The smallest absolute Gasteiger partial charge is 0.319 e. The molecule has 4 aromatic rings. The molecule has 0 saturated heterocycles. The number of methoxy groups -OCH3 is 2. The first-order valence-corrected chi connectivity index (χ1v) is 16.2. The first kappa shape index (κ1) is 35.8. The van der Waals surface area contributed by atoms with Crippen LogP contribution in [-0.4, -0.2) is 66.6 Å². The lowest BCUT2D eigenvalue weighted by atomic mass is 10.0. The van der Waals surface area contributed by atoms with Crippen LogP contribution in [0.1, 0.15) is 51.0 Å². The number of aromatic nitrogens is 2. The van der Waals surface area contributed by atoms with E-state index in [0.29, 0.717) is 23.4 Å². The van der Waals surface area contributed by atoms with E-state index < -0.39 is 17.6 Å². The van der Waals surface area contributed by atoms with Gasteiger partial charge in [-0.05, 0) is 43.2 Å². The Labute approximate surface area is 291 Å². The van der Waals surface area contributed by atoms with E-state index in [1.807, 2.05) is 0 Å². The van der Waals surface area contributed by atoms with Crippen molar-refractivity contribution in [1.29, 1.82) is 0 Å². The zero-order valence-electron chi connectivity index (χ0n) is 26.7. The van der Waals surface area contributed by atoms with E-state index >= 15 is 0 Å². The molecular weight excluding hydrogens is 678 g/mol. The number of esters is 1. The average Bonchev–Trinajstić information content (AvgIpc) is 3.55. The number of carbonyl (C=O) groups excluding carboxylic acids is 3. The molecule has 5 N–H and O–H groups in total. The van der Waals surface area contributed by atoms with Crippen molar-refractivity contribution in [3.63, 3.8) is 0 Å². The number of benzene rings is 3. The van der Waals surface area contributed by atoms with Gasteiger partial charge in [-0.15, -0.1) is 0 Å². The fraction of sp³-hybridized carbons (Fsp3) is 0.294. The first-order valence-electron chi connectivity index (χ1n) is 15.4. The van der Waals surface area contributed by atoms with Crippen molar-refractivity contribution in [2.75, 3.05) is 44.5 Å². The molecule has 1 aliphatic rings. The number of aryl methyl sites for hydroxylation is 1. The maximum atomic E-state index is 15.0. The molecule has 1 aliphatic heterocycles. The normalized spacial score (nSPS) is 13.8. The standard InChI is InChI=1S/C34H35Cl2FN6O6/c1-48-29-15-19(14-23(37)22(29)17-38-11-13-44)33(46)40-25-8-3-6-20(31(25)35)21-7-4-9-26(32(21)36)41-34(47)27-16-28-24(39-18-30(45)49-2)10-5-12-43(28)42-27/h3-4,6-9,14-16,24,38-39,44H,5,10-13,17-18H2,1-2H3,(H,40,46)(H,41,47). The predicted molar refractivity (Wildman–Crippen MR) is 184 cm³/mol. The Kier molecular flexibility index (Phi) is 11.9. The van der Waals surface area contributed by atoms with Crippen LogP contribution in [0, 0.1) is 5.82 Å². The van der Waals surface area contributed by atoms with Crippen molar-refractivity contribution >= 4 is 52.4 Å². The second-order valence-electron chi connectivity index (χ2n) is 11.1. The number of aliphatic hydroxyl groups excluding tert-OH is 1. The minimum atomic E-state index is -0.647. The molecule has 0 radical (unpaired) electrons. The number of fused-ring (bicyclic) bond motifs is 1. The van der Waals surface area contributed by atoms with E-state index in [1.54, 1.807) is 47.1 Å². The third-order valence-electron chi connectivity index (χ3n) is 7.99. The van der Waals surface area contributed by atoms with Gasteiger partial charge in [-0.2, -0.15) is 5.10 Å². The molecule has 15 heteroatoms. The summed E-state index contributed by atoms with van der Waals surface area (Å²) >= 11 is 13.6. The molecule has 258 valence electrons. The van der Waals surface area contributed by atoms with Gasteiger partial charge in [-0.3, -0.25) is 24.4 Å². The van der Waals surface area contributed by atoms with Gasteiger partial charge in [0.25, 0.3) is 11.8 Å². The lowest BCUT2D eigenvalue weighted by Gasteiger charge is -2.24. The predicted octanol–water partition coefficient (Wildman–Crippen LogP) is 5.19. The molecule has 0 aliphatic carbocycles. The number of nitrogens with zero attached hydrogens (tertiary/aromatic N) is 2. The molecule has 1 unspecified atom stereocenters. The molecule has 0 spiro atoms. The Morgan fingerprint density at radius 1 is 1.00 bits per heavy atom. The Balaban J connectivity index is 1.33. The van der Waals surface area contributed by atoms with Crippen molar-refractivity contribution in [3.8, 4) is 16.9 Å². The minimum Gasteiger partial charge on any atom is -0.496 e. The highest BCUT2D eigenvalue weighted by atomic mass is 35.5. The van der Waals surface area contributed by atoms with Crippen molar-refractivity contribution in [2.45, 2.75) is 32.0 Å². The van der Waals surface area contributed by atoms with E-state index in [4.69, 9.17) is 37.8 Å². The van der Waals surface area contributed by atoms with Crippen molar-refractivity contribution < 1.29 is 33.4 Å². The Morgan fingerprint density at radius 3 is 2.31 bits per heavy atom. The molecule has 1 aromatic heterocycles. The summed E-state index contributed by atoms with van der Waals surface area (Å²) in [7, 11) is 2.70. The summed E-state index contributed by atoms with van der Waals surface area (Å²) in [5.74, 6) is -1.96. The lowest BCUT2D eigenvalue weighted by molar-refractivity contribution is -0.139. The summed E-state index contributed by atoms with van der Waals surface area (Å²) in [6, 6.07) is 14.1. The maximum absolute atomic E-state index is 15.0. The van der Waals surface area contributed by atoms with Crippen LogP contribution in [0.25, 0.3) is 11.1 Å². The van der Waals surface area contributed by atoms with E-state index in [2.05, 4.69) is 26.4 Å². The Bertz CT molecular complexity index is 1870. The number of halogens is 3. The van der Waals surface area contributed by atoms with Crippen LogP contribution in [0.3, 0.4) is 0 Å². The fourth-order valence-corrected chi connectivity index (χ4v) is 6.07. The van der Waals surface area contributed by atoms with E-state index in [-0.39, 0.29) is 76.6 Å². The minimum absolute atomic E-state index is 0.0102. The molecule has 49 heavy (non-hydrogen) atoms. The summed E-state index contributed by atoms with van der Waals surface area (Å²) in [5, 5.41) is 25.4. The highest BCUT2D eigenvalue weighted by molar-refractivity contribution is 6.40. The third kappa shape index (κ3) is 8.20. The molecule has 0 saturated carbocycles. The van der Waals surface area contributed by atoms with Crippen LogP contribution in [0.5, 0.6) is 5.75 Å². The summed E-state index contributed by atoms with van der Waals surface area (Å²) in [6.45, 7) is 0.935. The van der Waals surface area contributed by atoms with Crippen LogP contribution < -0.4 is 26.0 Å². The summed E-state index contributed by atoms with van der Waals surface area (Å²) in [4.78, 5) is 38.2. The zero-order valence-corrected chi connectivity index (χ0v) is 28.3. The molecule has 3 aromatic carbocycles. The van der Waals surface area contributed by atoms with E-state index in [1.165, 1.54) is 20.3 Å². The van der Waals surface area contributed by atoms with Crippen LogP contribution in [0.2, 0.25) is 10.0 Å². The molecule has 1 atom stereocenters. The maximum Gasteiger partial charge on any atom is 0.319 e. The number of hydrogen-bond acceptors (Lipinski definition) is 9. The van der Waals surface area contributed by atoms with Gasteiger partial charge >= 0.3 is 5.97 Å². The second kappa shape index (κ2) is 16.2. The second-order valence-corrected chi connectivity index (χ2v) is 11.9. The lowest BCUT2D eigenvalue weighted by Crippen LogP contribution is -2.32. The highest BCUT2D eigenvalue weighted by Crippen LogP contribution is 2.40. The summed E-state index contributed by atoms with van der Waals surface area (Å²) < 4.78 is 26.7. The Morgan fingerprint density at radius 2 is 1.67 bits per heavy atom. The number of nitrogens with one attached hydrogen (secondary N) is 4. The molecule has 0 bridgehead atoms. The topological polar surface area (TPSA) is 156 Å². The molecular formula is C34H35Cl2FN6O6. The number of amides is 2. The van der Waals surface area contributed by atoms with Crippen LogP contribution in [-0.2, 0) is 22.6 Å². The monoisotopic (exact) mass is 712 g/mol. The van der Waals surface area contributed by atoms with Gasteiger partial charge in [0.05, 0.1) is 54.5 Å². The van der Waals surface area contributed by atoms with Gasteiger partial charge in [0, 0.05) is 47.9 Å². The molecule has 5 rings (SSSR count). The number of rotatable bonds is 13. The average molecular weight is 714 g/mol. The van der Waals surface area contributed by atoms with Gasteiger partial charge in [-0.1, -0.05) is 47.5 Å². The van der Waals surface area contributed by atoms with E-state index in [9.17, 15) is 18.8 Å². The van der Waals surface area contributed by atoms with Crippen LogP contribution in [0.4, 0.5) is 15.8 Å². The summed E-state index contributed by atoms with van der Waals surface area (Å²) in [5.41, 5.74) is 2.75. The third-order valence-corrected chi connectivity index (χ3v) is 8.81. The van der Waals surface area contributed by atoms with Gasteiger partial charge < -0.3 is 30.5 Å². The number of ether oxygens (including phenoxy) is 2. The molecule has 2 amide bonds. The van der Waals surface area contributed by atoms with Gasteiger partial charge in [0.2, 0.25) is 0 Å². The molecule has 0 fully saturated rings. The summed E-state index contributed by atoms with van der Waals surface area (Å²) in [6.07, 6.45) is 1.60. The Hall–Kier alpha value is -4.53.